The van der Waals surface area contributed by atoms with Crippen molar-refractivity contribution in [3.63, 3.8) is 0 Å². The number of carbonyl (C=O) groups excluding carboxylic acids is 3. The molecule has 3 atom stereocenters. The van der Waals surface area contributed by atoms with E-state index in [-0.39, 0.29) is 55.4 Å². The number of carbonyl (C=O) groups is 3. The number of methoxy groups -OCH3 is 2. The van der Waals surface area contributed by atoms with Crippen LogP contribution in [-0.2, 0) is 25.5 Å². The number of anilines is 1. The summed E-state index contributed by atoms with van der Waals surface area (Å²) in [6, 6.07) is 8.33. The molecule has 200 valence electrons. The van der Waals surface area contributed by atoms with Gasteiger partial charge in [-0.2, -0.15) is 0 Å². The first kappa shape index (κ1) is 28.1. The van der Waals surface area contributed by atoms with Gasteiger partial charge in [-0.1, -0.05) is 13.0 Å². The lowest BCUT2D eigenvalue weighted by molar-refractivity contribution is -0.134. The van der Waals surface area contributed by atoms with Gasteiger partial charge in [-0.3, -0.25) is 19.4 Å². The number of hydrogen-bond donors (Lipinski definition) is 1. The number of fused-ring (bicyclic) bond motifs is 1. The third-order valence-electron chi connectivity index (χ3n) is 6.40. The van der Waals surface area contributed by atoms with Crippen LogP contribution in [0.1, 0.15) is 29.8 Å². The molecule has 0 radical (unpaired) electrons. The fraction of sp³-hybridized carbons (Fsp3) is 0.481. The van der Waals surface area contributed by atoms with Gasteiger partial charge in [0.05, 0.1) is 24.1 Å². The molecule has 10 nitrogen and oxygen atoms in total. The van der Waals surface area contributed by atoms with Crippen molar-refractivity contribution in [3.05, 3.63) is 53.9 Å². The Balaban J connectivity index is 1.92. The number of benzene rings is 1. The van der Waals surface area contributed by atoms with Crippen LogP contribution in [0.4, 0.5) is 5.69 Å². The lowest BCUT2D eigenvalue weighted by Gasteiger charge is -2.36. The molecular formula is C27H36N4O6. The number of likely N-dealkylation sites (N-methyl/N-ethyl adjacent to an activating group) is 1. The Morgan fingerprint density at radius 1 is 1.19 bits per heavy atom. The summed E-state index contributed by atoms with van der Waals surface area (Å²) in [7, 11) is 4.74. The third-order valence-corrected chi connectivity index (χ3v) is 6.40. The van der Waals surface area contributed by atoms with Gasteiger partial charge in [0, 0.05) is 58.4 Å². The average Bonchev–Trinajstić information content (AvgIpc) is 2.88. The van der Waals surface area contributed by atoms with Gasteiger partial charge in [0.15, 0.2) is 0 Å². The lowest BCUT2D eigenvalue weighted by Crippen LogP contribution is -2.49. The Labute approximate surface area is 217 Å². The summed E-state index contributed by atoms with van der Waals surface area (Å²) in [4.78, 5) is 46.3. The molecule has 1 aromatic carbocycles. The van der Waals surface area contributed by atoms with Gasteiger partial charge in [-0.25, -0.2) is 0 Å². The molecule has 3 rings (SSSR count). The Morgan fingerprint density at radius 2 is 1.97 bits per heavy atom. The molecule has 0 unspecified atom stereocenters. The van der Waals surface area contributed by atoms with Crippen molar-refractivity contribution < 1.29 is 28.6 Å². The van der Waals surface area contributed by atoms with E-state index in [9.17, 15) is 14.4 Å². The second kappa shape index (κ2) is 13.2. The molecule has 0 fully saturated rings. The molecule has 2 heterocycles. The van der Waals surface area contributed by atoms with Gasteiger partial charge >= 0.3 is 0 Å². The SMILES string of the molecule is COCC(=O)Nc1ccc2c(c1)C(=O)N(C)C[C@@H](OC)[C@@H](C)CN(C(=O)Cc1cccnc1)[C@@H](C)CO2. The quantitative estimate of drug-likeness (QED) is 0.632. The summed E-state index contributed by atoms with van der Waals surface area (Å²) < 4.78 is 16.7. The zero-order chi connectivity index (χ0) is 26.9. The molecule has 1 aromatic heterocycles. The molecule has 2 aromatic rings. The first-order valence-corrected chi connectivity index (χ1v) is 12.3. The molecule has 10 heteroatoms. The van der Waals surface area contributed by atoms with Crippen LogP contribution in [0.15, 0.2) is 42.7 Å². The number of nitrogens with one attached hydrogen (secondary N) is 1. The number of amides is 3. The highest BCUT2D eigenvalue weighted by Gasteiger charge is 2.30. The topological polar surface area (TPSA) is 110 Å². The Morgan fingerprint density at radius 3 is 2.65 bits per heavy atom. The number of ether oxygens (including phenoxy) is 3. The van der Waals surface area contributed by atoms with Crippen molar-refractivity contribution >= 4 is 23.4 Å². The van der Waals surface area contributed by atoms with Crippen molar-refractivity contribution in [2.45, 2.75) is 32.4 Å². The summed E-state index contributed by atoms with van der Waals surface area (Å²) in [6.45, 7) is 4.77. The largest absolute Gasteiger partial charge is 0.491 e. The maximum Gasteiger partial charge on any atom is 0.257 e. The number of rotatable bonds is 6. The number of pyridine rings is 1. The first-order valence-electron chi connectivity index (χ1n) is 12.3. The van der Waals surface area contributed by atoms with Gasteiger partial charge < -0.3 is 29.3 Å². The van der Waals surface area contributed by atoms with Crippen LogP contribution in [-0.4, -0.2) is 92.2 Å². The summed E-state index contributed by atoms with van der Waals surface area (Å²) in [6.07, 6.45) is 3.29. The molecule has 1 aliphatic rings. The molecule has 0 aliphatic carbocycles. The molecule has 0 spiro atoms. The molecule has 0 bridgehead atoms. The van der Waals surface area contributed by atoms with Gasteiger partial charge in [0.2, 0.25) is 11.8 Å². The third kappa shape index (κ3) is 7.50. The van der Waals surface area contributed by atoms with Crippen molar-refractivity contribution in [3.8, 4) is 5.75 Å². The maximum atomic E-state index is 13.4. The van der Waals surface area contributed by atoms with Crippen LogP contribution < -0.4 is 10.1 Å². The van der Waals surface area contributed by atoms with Gasteiger partial charge in [-0.05, 0) is 36.8 Å². The van der Waals surface area contributed by atoms with E-state index in [1.54, 1.807) is 49.7 Å². The summed E-state index contributed by atoms with van der Waals surface area (Å²) in [5, 5.41) is 2.72. The average molecular weight is 513 g/mol. The molecule has 3 amide bonds. The highest BCUT2D eigenvalue weighted by Crippen LogP contribution is 2.26. The zero-order valence-electron chi connectivity index (χ0n) is 22.1. The van der Waals surface area contributed by atoms with Crippen LogP contribution in [0.2, 0.25) is 0 Å². The first-order chi connectivity index (χ1) is 17.7. The molecule has 0 saturated carbocycles. The van der Waals surface area contributed by atoms with Crippen molar-refractivity contribution in [1.29, 1.82) is 0 Å². The Kier molecular flexibility index (Phi) is 9.99. The molecule has 37 heavy (non-hydrogen) atoms. The highest BCUT2D eigenvalue weighted by atomic mass is 16.5. The van der Waals surface area contributed by atoms with Crippen LogP contribution in [0.3, 0.4) is 0 Å². The minimum atomic E-state index is -0.331. The second-order valence-corrected chi connectivity index (χ2v) is 9.37. The van der Waals surface area contributed by atoms with Crippen molar-refractivity contribution in [2.75, 3.05) is 52.9 Å². The van der Waals surface area contributed by atoms with Crippen LogP contribution >= 0.6 is 0 Å². The lowest BCUT2D eigenvalue weighted by atomic mass is 10.0. The van der Waals surface area contributed by atoms with E-state index in [0.29, 0.717) is 30.1 Å². The molecule has 0 saturated heterocycles. The van der Waals surface area contributed by atoms with E-state index >= 15 is 0 Å². The normalized spacial score (nSPS) is 20.8. The van der Waals surface area contributed by atoms with Crippen molar-refractivity contribution in [1.82, 2.24) is 14.8 Å². The maximum absolute atomic E-state index is 13.4. The summed E-state index contributed by atoms with van der Waals surface area (Å²) >= 11 is 0. The molecule has 1 aliphatic heterocycles. The van der Waals surface area contributed by atoms with E-state index in [4.69, 9.17) is 14.2 Å². The van der Waals surface area contributed by atoms with Crippen LogP contribution in [0, 0.1) is 5.92 Å². The van der Waals surface area contributed by atoms with Gasteiger partial charge in [0.25, 0.3) is 5.91 Å². The van der Waals surface area contributed by atoms with Gasteiger partial charge in [0.1, 0.15) is 19.0 Å². The molecular weight excluding hydrogens is 476 g/mol. The number of aromatic nitrogens is 1. The van der Waals surface area contributed by atoms with E-state index in [1.807, 2.05) is 30.9 Å². The molecule has 1 N–H and O–H groups in total. The van der Waals surface area contributed by atoms with Crippen LogP contribution in [0.5, 0.6) is 5.75 Å². The second-order valence-electron chi connectivity index (χ2n) is 9.37. The van der Waals surface area contributed by atoms with Crippen molar-refractivity contribution in [2.24, 2.45) is 5.92 Å². The van der Waals surface area contributed by atoms with E-state index in [2.05, 4.69) is 10.3 Å². The fourth-order valence-electron chi connectivity index (χ4n) is 4.31. The number of hydrogen-bond acceptors (Lipinski definition) is 7. The zero-order valence-corrected chi connectivity index (χ0v) is 22.1. The predicted molar refractivity (Wildman–Crippen MR) is 138 cm³/mol. The highest BCUT2D eigenvalue weighted by molar-refractivity contribution is 5.99. The van der Waals surface area contributed by atoms with Crippen LogP contribution in [0.25, 0.3) is 0 Å². The standard InChI is InChI=1S/C27H36N4O6/c1-18-14-31(26(33)11-20-7-6-10-28-13-20)19(2)16-37-23-9-8-21(29-25(32)17-35-4)12-22(23)27(34)30(3)15-24(18)36-5/h6-10,12-13,18-19,24H,11,14-17H2,1-5H3,(H,29,32)/t18-,19-,24+/m0/s1. The summed E-state index contributed by atoms with van der Waals surface area (Å²) in [5.41, 5.74) is 1.60. The van der Waals surface area contributed by atoms with E-state index in [1.165, 1.54) is 7.11 Å². The smallest absolute Gasteiger partial charge is 0.257 e. The Hall–Kier alpha value is -3.50. The van der Waals surface area contributed by atoms with E-state index in [0.717, 1.165) is 5.56 Å². The van der Waals surface area contributed by atoms with Gasteiger partial charge in [-0.15, -0.1) is 0 Å². The Bertz CT molecular complexity index is 1080. The number of nitrogens with zero attached hydrogens (tertiary/aromatic N) is 3. The van der Waals surface area contributed by atoms with E-state index < -0.39 is 0 Å². The minimum absolute atomic E-state index is 0.0382. The fourth-order valence-corrected chi connectivity index (χ4v) is 4.31. The summed E-state index contributed by atoms with van der Waals surface area (Å²) in [5.74, 6) is -0.315. The predicted octanol–water partition coefficient (Wildman–Crippen LogP) is 2.24. The minimum Gasteiger partial charge on any atom is -0.491 e. The monoisotopic (exact) mass is 512 g/mol.